The molecule has 2 aromatic rings. The summed E-state index contributed by atoms with van der Waals surface area (Å²) in [6.45, 7) is 4.28. The predicted molar refractivity (Wildman–Crippen MR) is 82.0 cm³/mol. The fraction of sp³-hybridized carbons (Fsp3) is 0.333. The molecule has 5 nitrogen and oxygen atoms in total. The molecular formula is C15H18ClN3O2. The zero-order chi connectivity index (χ0) is 15.2. The number of aromatic nitrogens is 2. The van der Waals surface area contributed by atoms with Crippen LogP contribution in [0.1, 0.15) is 20.3 Å². The van der Waals surface area contributed by atoms with Gasteiger partial charge in [0.05, 0.1) is 11.9 Å². The second-order valence-electron chi connectivity index (χ2n) is 4.61. The average molecular weight is 308 g/mol. The van der Waals surface area contributed by atoms with Gasteiger partial charge in [-0.25, -0.2) is 4.68 Å². The number of benzene rings is 1. The Labute approximate surface area is 128 Å². The predicted octanol–water partition coefficient (Wildman–Crippen LogP) is 2.82. The number of hydrogen-bond donors (Lipinski definition) is 1. The molecule has 0 saturated heterocycles. The van der Waals surface area contributed by atoms with Crippen molar-refractivity contribution in [1.82, 2.24) is 15.1 Å². The highest BCUT2D eigenvalue weighted by atomic mass is 35.5. The largest absolute Gasteiger partial charge is 0.462 e. The lowest BCUT2D eigenvalue weighted by Gasteiger charge is -2.12. The Bertz CT molecular complexity index is 598. The van der Waals surface area contributed by atoms with Gasteiger partial charge in [-0.05, 0) is 25.5 Å². The van der Waals surface area contributed by atoms with E-state index in [1.54, 1.807) is 17.8 Å². The number of para-hydroxylation sites is 1. The molecule has 0 aliphatic rings. The second kappa shape index (κ2) is 7.13. The van der Waals surface area contributed by atoms with Crippen molar-refractivity contribution in [2.24, 2.45) is 0 Å². The number of carbonyl (C=O) groups is 1. The van der Waals surface area contributed by atoms with E-state index in [0.29, 0.717) is 11.6 Å². The fourth-order valence-electron chi connectivity index (χ4n) is 1.74. The number of ether oxygens (including phenoxy) is 1. The maximum Gasteiger partial charge on any atom is 0.260 e. The Balaban J connectivity index is 2.08. The molecule has 1 amide bonds. The van der Waals surface area contributed by atoms with E-state index < -0.39 is 6.10 Å². The van der Waals surface area contributed by atoms with E-state index in [-0.39, 0.29) is 11.8 Å². The van der Waals surface area contributed by atoms with Gasteiger partial charge in [0.1, 0.15) is 5.02 Å². The highest BCUT2D eigenvalue weighted by molar-refractivity contribution is 6.31. The minimum absolute atomic E-state index is 0.179. The number of hydrogen-bond acceptors (Lipinski definition) is 3. The summed E-state index contributed by atoms with van der Waals surface area (Å²) in [7, 11) is 0. The van der Waals surface area contributed by atoms with Crippen molar-refractivity contribution in [3.8, 4) is 11.6 Å². The van der Waals surface area contributed by atoms with E-state index in [0.717, 1.165) is 12.1 Å². The van der Waals surface area contributed by atoms with Gasteiger partial charge in [0.2, 0.25) is 0 Å². The monoisotopic (exact) mass is 307 g/mol. The molecule has 6 heteroatoms. The molecule has 0 aliphatic carbocycles. The van der Waals surface area contributed by atoms with Crippen LogP contribution in [0.5, 0.6) is 5.88 Å². The molecule has 0 radical (unpaired) electrons. The molecule has 2 rings (SSSR count). The number of nitrogens with zero attached hydrogens (tertiary/aromatic N) is 2. The lowest BCUT2D eigenvalue weighted by atomic mass is 10.3. The lowest BCUT2D eigenvalue weighted by molar-refractivity contribution is -0.127. The van der Waals surface area contributed by atoms with Crippen LogP contribution in [0.15, 0.2) is 36.5 Å². The van der Waals surface area contributed by atoms with Gasteiger partial charge in [0, 0.05) is 6.54 Å². The SMILES string of the molecule is CCCNC(=O)[C@H](C)Oc1nn(-c2ccccc2)cc1Cl. The van der Waals surface area contributed by atoms with Crippen molar-refractivity contribution < 1.29 is 9.53 Å². The van der Waals surface area contributed by atoms with Crippen LogP contribution in [0.3, 0.4) is 0 Å². The van der Waals surface area contributed by atoms with Crippen LogP contribution in [-0.4, -0.2) is 28.3 Å². The summed E-state index contributed by atoms with van der Waals surface area (Å²) in [5.74, 6) is 0.0712. The van der Waals surface area contributed by atoms with E-state index >= 15 is 0 Å². The van der Waals surface area contributed by atoms with E-state index in [1.807, 2.05) is 37.3 Å². The highest BCUT2D eigenvalue weighted by Gasteiger charge is 2.18. The van der Waals surface area contributed by atoms with Crippen LogP contribution in [0.2, 0.25) is 5.02 Å². The van der Waals surface area contributed by atoms with Crippen molar-refractivity contribution in [3.05, 3.63) is 41.6 Å². The Morgan fingerprint density at radius 3 is 2.81 bits per heavy atom. The molecule has 21 heavy (non-hydrogen) atoms. The number of rotatable bonds is 6. The van der Waals surface area contributed by atoms with Crippen molar-refractivity contribution in [2.45, 2.75) is 26.4 Å². The number of halogens is 1. The first-order valence-corrected chi connectivity index (χ1v) is 7.24. The molecule has 1 aromatic carbocycles. The van der Waals surface area contributed by atoms with Crippen LogP contribution >= 0.6 is 11.6 Å². The summed E-state index contributed by atoms with van der Waals surface area (Å²) in [6.07, 6.45) is 1.89. The lowest BCUT2D eigenvalue weighted by Crippen LogP contribution is -2.36. The first-order valence-electron chi connectivity index (χ1n) is 6.86. The molecule has 0 aliphatic heterocycles. The van der Waals surface area contributed by atoms with Crippen LogP contribution in [0, 0.1) is 0 Å². The first-order chi connectivity index (χ1) is 10.1. The van der Waals surface area contributed by atoms with Gasteiger partial charge in [-0.15, -0.1) is 5.10 Å². The van der Waals surface area contributed by atoms with Gasteiger partial charge in [0.15, 0.2) is 6.10 Å². The number of amides is 1. The van der Waals surface area contributed by atoms with Gasteiger partial charge in [-0.1, -0.05) is 36.7 Å². The van der Waals surface area contributed by atoms with Crippen molar-refractivity contribution in [1.29, 1.82) is 0 Å². The second-order valence-corrected chi connectivity index (χ2v) is 5.02. The Kier molecular flexibility index (Phi) is 5.22. The van der Waals surface area contributed by atoms with Gasteiger partial charge < -0.3 is 10.1 Å². The molecular weight excluding hydrogens is 290 g/mol. The third-order valence-corrected chi connectivity index (χ3v) is 3.13. The Morgan fingerprint density at radius 1 is 1.43 bits per heavy atom. The third kappa shape index (κ3) is 3.98. The molecule has 0 spiro atoms. The minimum atomic E-state index is -0.645. The molecule has 1 aromatic heterocycles. The van der Waals surface area contributed by atoms with Gasteiger partial charge in [0.25, 0.3) is 11.8 Å². The quantitative estimate of drug-likeness (QED) is 0.893. The first kappa shape index (κ1) is 15.4. The van der Waals surface area contributed by atoms with Crippen LogP contribution in [0.25, 0.3) is 5.69 Å². The Morgan fingerprint density at radius 2 is 2.14 bits per heavy atom. The van der Waals surface area contributed by atoms with E-state index in [9.17, 15) is 4.79 Å². The molecule has 0 saturated carbocycles. The standard InChI is InChI=1S/C15H18ClN3O2/c1-3-9-17-14(20)11(2)21-15-13(16)10-19(18-15)12-7-5-4-6-8-12/h4-8,10-11H,3,9H2,1-2H3,(H,17,20)/t11-/m0/s1. The molecule has 1 N–H and O–H groups in total. The van der Waals surface area contributed by atoms with Crippen LogP contribution < -0.4 is 10.1 Å². The highest BCUT2D eigenvalue weighted by Crippen LogP contribution is 2.24. The topological polar surface area (TPSA) is 56.1 Å². The normalized spacial score (nSPS) is 12.0. The minimum Gasteiger partial charge on any atom is -0.462 e. The van der Waals surface area contributed by atoms with Crippen molar-refractivity contribution >= 4 is 17.5 Å². The molecule has 1 atom stereocenters. The van der Waals surface area contributed by atoms with Crippen LogP contribution in [-0.2, 0) is 4.79 Å². The summed E-state index contributed by atoms with van der Waals surface area (Å²) < 4.78 is 7.15. The van der Waals surface area contributed by atoms with Gasteiger partial charge in [-0.2, -0.15) is 0 Å². The summed E-state index contributed by atoms with van der Waals surface area (Å²) in [4.78, 5) is 11.8. The van der Waals surface area contributed by atoms with Gasteiger partial charge in [-0.3, -0.25) is 4.79 Å². The van der Waals surface area contributed by atoms with Crippen LogP contribution in [0.4, 0.5) is 0 Å². The fourth-order valence-corrected chi connectivity index (χ4v) is 1.92. The number of nitrogens with one attached hydrogen (secondary N) is 1. The van der Waals surface area contributed by atoms with Crippen molar-refractivity contribution in [3.63, 3.8) is 0 Å². The summed E-state index contributed by atoms with van der Waals surface area (Å²) >= 11 is 6.11. The number of carbonyl (C=O) groups excluding carboxylic acids is 1. The maximum absolute atomic E-state index is 11.8. The Hall–Kier alpha value is -2.01. The smallest absolute Gasteiger partial charge is 0.260 e. The zero-order valence-electron chi connectivity index (χ0n) is 12.0. The summed E-state index contributed by atoms with van der Waals surface area (Å²) in [6, 6.07) is 9.56. The zero-order valence-corrected chi connectivity index (χ0v) is 12.8. The average Bonchev–Trinajstić information content (AvgIpc) is 2.86. The molecule has 1 heterocycles. The molecule has 0 fully saturated rings. The van der Waals surface area contributed by atoms with Crippen molar-refractivity contribution in [2.75, 3.05) is 6.54 Å². The van der Waals surface area contributed by atoms with E-state index in [4.69, 9.17) is 16.3 Å². The van der Waals surface area contributed by atoms with E-state index in [2.05, 4.69) is 10.4 Å². The molecule has 0 bridgehead atoms. The summed E-state index contributed by atoms with van der Waals surface area (Å²) in [5, 5.41) is 7.40. The third-order valence-electron chi connectivity index (χ3n) is 2.87. The summed E-state index contributed by atoms with van der Waals surface area (Å²) in [5.41, 5.74) is 0.873. The van der Waals surface area contributed by atoms with E-state index in [1.165, 1.54) is 0 Å². The molecule has 112 valence electrons. The maximum atomic E-state index is 11.8. The van der Waals surface area contributed by atoms with Gasteiger partial charge >= 0.3 is 0 Å². The molecule has 0 unspecified atom stereocenters.